The Kier molecular flexibility index (Phi) is 3.87. The van der Waals surface area contributed by atoms with Gasteiger partial charge in [-0.3, -0.25) is 4.79 Å². The van der Waals surface area contributed by atoms with Crippen molar-refractivity contribution in [3.63, 3.8) is 0 Å². The second-order valence-electron chi connectivity index (χ2n) is 4.67. The van der Waals surface area contributed by atoms with Gasteiger partial charge in [0.25, 0.3) is 0 Å². The third-order valence-electron chi connectivity index (χ3n) is 3.51. The van der Waals surface area contributed by atoms with Crippen LogP contribution in [0.15, 0.2) is 24.3 Å². The molecular formula is C14H18BrNO. The molecule has 2 rings (SSSR count). The van der Waals surface area contributed by atoms with Crippen LogP contribution in [0.25, 0.3) is 0 Å². The molecule has 0 aliphatic carbocycles. The van der Waals surface area contributed by atoms with Crippen LogP contribution >= 0.6 is 15.9 Å². The highest BCUT2D eigenvalue weighted by atomic mass is 79.9. The fraction of sp³-hybridized carbons (Fsp3) is 0.500. The van der Waals surface area contributed by atoms with Gasteiger partial charge < -0.3 is 4.90 Å². The lowest BCUT2D eigenvalue weighted by molar-refractivity contribution is -0.134. The molecule has 1 aliphatic rings. The van der Waals surface area contributed by atoms with Crippen molar-refractivity contribution in [1.29, 1.82) is 0 Å². The summed E-state index contributed by atoms with van der Waals surface area (Å²) >= 11 is 3.46. The number of hydrogen-bond donors (Lipinski definition) is 0. The van der Waals surface area contributed by atoms with E-state index in [0.29, 0.717) is 0 Å². The number of alkyl halides is 1. The van der Waals surface area contributed by atoms with E-state index in [1.165, 1.54) is 11.1 Å². The van der Waals surface area contributed by atoms with Crippen LogP contribution in [0.2, 0.25) is 0 Å². The van der Waals surface area contributed by atoms with Gasteiger partial charge >= 0.3 is 0 Å². The van der Waals surface area contributed by atoms with E-state index in [2.05, 4.69) is 41.9 Å². The summed E-state index contributed by atoms with van der Waals surface area (Å²) in [6.45, 7) is 5.09. The Balaban J connectivity index is 2.22. The highest BCUT2D eigenvalue weighted by molar-refractivity contribution is 9.10. The van der Waals surface area contributed by atoms with Gasteiger partial charge in [-0.25, -0.2) is 0 Å². The monoisotopic (exact) mass is 295 g/mol. The molecular weight excluding hydrogens is 278 g/mol. The lowest BCUT2D eigenvalue weighted by Gasteiger charge is -2.35. The van der Waals surface area contributed by atoms with Crippen molar-refractivity contribution < 1.29 is 4.79 Å². The van der Waals surface area contributed by atoms with E-state index >= 15 is 0 Å². The molecule has 3 heteroatoms. The normalized spacial score (nSPS) is 22.6. The summed E-state index contributed by atoms with van der Waals surface area (Å²) in [7, 11) is 0. The molecule has 1 amide bonds. The Morgan fingerprint density at radius 3 is 2.82 bits per heavy atom. The summed E-state index contributed by atoms with van der Waals surface area (Å²) in [4.78, 5) is 14.1. The molecule has 1 saturated heterocycles. The van der Waals surface area contributed by atoms with Gasteiger partial charge in [-0.1, -0.05) is 40.2 Å². The molecule has 0 N–H and O–H groups in total. The van der Waals surface area contributed by atoms with E-state index in [4.69, 9.17) is 0 Å². The summed E-state index contributed by atoms with van der Waals surface area (Å²) in [5.41, 5.74) is 2.51. The van der Waals surface area contributed by atoms with E-state index in [9.17, 15) is 4.79 Å². The Morgan fingerprint density at radius 2 is 2.12 bits per heavy atom. The van der Waals surface area contributed by atoms with Crippen LogP contribution < -0.4 is 0 Å². The molecule has 92 valence electrons. The number of carbonyl (C=O) groups is 1. The zero-order valence-electron chi connectivity index (χ0n) is 10.3. The number of halogens is 1. The Labute approximate surface area is 111 Å². The summed E-state index contributed by atoms with van der Waals surface area (Å²) in [6, 6.07) is 8.47. The van der Waals surface area contributed by atoms with Crippen LogP contribution in [0.1, 0.15) is 36.9 Å². The largest absolute Gasteiger partial charge is 0.335 e. The smallest absolute Gasteiger partial charge is 0.236 e. The van der Waals surface area contributed by atoms with E-state index in [0.717, 1.165) is 19.4 Å². The summed E-state index contributed by atoms with van der Waals surface area (Å²) < 4.78 is 0. The van der Waals surface area contributed by atoms with Crippen molar-refractivity contribution in [2.45, 2.75) is 37.6 Å². The van der Waals surface area contributed by atoms with Crippen molar-refractivity contribution in [3.05, 3.63) is 35.4 Å². The average molecular weight is 296 g/mol. The van der Waals surface area contributed by atoms with Crippen LogP contribution in [-0.2, 0) is 4.79 Å². The molecule has 0 radical (unpaired) electrons. The lowest BCUT2D eigenvalue weighted by Crippen LogP contribution is -2.43. The molecule has 0 aromatic heterocycles. The lowest BCUT2D eigenvalue weighted by atomic mass is 9.99. The first-order valence-electron chi connectivity index (χ1n) is 6.11. The maximum atomic E-state index is 12.1. The van der Waals surface area contributed by atoms with Crippen molar-refractivity contribution >= 4 is 21.8 Å². The first-order chi connectivity index (χ1) is 8.11. The van der Waals surface area contributed by atoms with E-state index in [1.54, 1.807) is 0 Å². The van der Waals surface area contributed by atoms with Gasteiger partial charge in [0.1, 0.15) is 0 Å². The van der Waals surface area contributed by atoms with E-state index < -0.39 is 0 Å². The number of carbonyl (C=O) groups excluding carboxylic acids is 1. The van der Waals surface area contributed by atoms with Gasteiger partial charge in [-0.05, 0) is 37.8 Å². The zero-order chi connectivity index (χ0) is 12.4. The summed E-state index contributed by atoms with van der Waals surface area (Å²) in [5, 5.41) is 0. The Hall–Kier alpha value is -0.830. The summed E-state index contributed by atoms with van der Waals surface area (Å²) in [5.74, 6) is 0.229. The molecule has 2 unspecified atom stereocenters. The number of amides is 1. The molecule has 1 aromatic rings. The maximum Gasteiger partial charge on any atom is 0.236 e. The molecule has 0 saturated carbocycles. The SMILES string of the molecule is Cc1ccccc1C(C)N1CCCC(Br)C1=O. The number of hydrogen-bond acceptors (Lipinski definition) is 1. The van der Waals surface area contributed by atoms with E-state index in [-0.39, 0.29) is 16.8 Å². The number of nitrogens with zero attached hydrogens (tertiary/aromatic N) is 1. The molecule has 0 bridgehead atoms. The third kappa shape index (κ3) is 2.54. The maximum absolute atomic E-state index is 12.1. The van der Waals surface area contributed by atoms with Crippen molar-refractivity contribution in [1.82, 2.24) is 4.90 Å². The third-order valence-corrected chi connectivity index (χ3v) is 4.36. The molecule has 1 aliphatic heterocycles. The first-order valence-corrected chi connectivity index (χ1v) is 7.03. The number of aryl methyl sites for hydroxylation is 1. The predicted molar refractivity (Wildman–Crippen MR) is 73.3 cm³/mol. The van der Waals surface area contributed by atoms with Gasteiger partial charge in [0.05, 0.1) is 10.9 Å². The average Bonchev–Trinajstić information content (AvgIpc) is 2.32. The fourth-order valence-electron chi connectivity index (χ4n) is 2.46. The molecule has 1 aromatic carbocycles. The molecule has 1 fully saturated rings. The number of rotatable bonds is 2. The quantitative estimate of drug-likeness (QED) is 0.766. The van der Waals surface area contributed by atoms with Crippen LogP contribution in [0, 0.1) is 6.92 Å². The molecule has 2 nitrogen and oxygen atoms in total. The minimum atomic E-state index is 0.00252. The number of likely N-dealkylation sites (tertiary alicyclic amines) is 1. The van der Waals surface area contributed by atoms with E-state index in [1.807, 2.05) is 17.0 Å². The van der Waals surface area contributed by atoms with Gasteiger partial charge in [0.2, 0.25) is 5.91 Å². The molecule has 17 heavy (non-hydrogen) atoms. The Morgan fingerprint density at radius 1 is 1.41 bits per heavy atom. The zero-order valence-corrected chi connectivity index (χ0v) is 11.9. The van der Waals surface area contributed by atoms with Crippen molar-refractivity contribution in [2.24, 2.45) is 0 Å². The molecule has 2 atom stereocenters. The van der Waals surface area contributed by atoms with Crippen LogP contribution in [0.5, 0.6) is 0 Å². The van der Waals surface area contributed by atoms with Crippen molar-refractivity contribution in [2.75, 3.05) is 6.54 Å². The van der Waals surface area contributed by atoms with Crippen LogP contribution in [0.4, 0.5) is 0 Å². The second-order valence-corrected chi connectivity index (χ2v) is 5.78. The standard InChI is InChI=1S/C14H18BrNO/c1-10-6-3-4-7-12(10)11(2)16-9-5-8-13(15)14(16)17/h3-4,6-7,11,13H,5,8-9H2,1-2H3. The number of benzene rings is 1. The number of piperidine rings is 1. The molecule has 1 heterocycles. The minimum Gasteiger partial charge on any atom is -0.335 e. The van der Waals surface area contributed by atoms with Gasteiger partial charge in [-0.15, -0.1) is 0 Å². The topological polar surface area (TPSA) is 20.3 Å². The second kappa shape index (κ2) is 5.21. The molecule has 0 spiro atoms. The predicted octanol–water partition coefficient (Wildman–Crippen LogP) is 3.44. The highest BCUT2D eigenvalue weighted by Crippen LogP contribution is 2.29. The first kappa shape index (κ1) is 12.6. The fourth-order valence-corrected chi connectivity index (χ4v) is 3.05. The summed E-state index contributed by atoms with van der Waals surface area (Å²) in [6.07, 6.45) is 2.04. The highest BCUT2D eigenvalue weighted by Gasteiger charge is 2.30. The van der Waals surface area contributed by atoms with Gasteiger partial charge in [0.15, 0.2) is 0 Å². The van der Waals surface area contributed by atoms with Crippen LogP contribution in [0.3, 0.4) is 0 Å². The Bertz CT molecular complexity index is 418. The van der Waals surface area contributed by atoms with Gasteiger partial charge in [-0.2, -0.15) is 0 Å². The van der Waals surface area contributed by atoms with Crippen molar-refractivity contribution in [3.8, 4) is 0 Å². The minimum absolute atomic E-state index is 0.00252. The van der Waals surface area contributed by atoms with Gasteiger partial charge in [0, 0.05) is 6.54 Å². The van der Waals surface area contributed by atoms with Crippen LogP contribution in [-0.4, -0.2) is 22.2 Å².